The fourth-order valence-electron chi connectivity index (χ4n) is 1.36. The number of hydrogen-bond acceptors (Lipinski definition) is 5. The van der Waals surface area contributed by atoms with Crippen LogP contribution in [0.5, 0.6) is 0 Å². The number of Topliss-reactive ketones (excluding diaryl/α,β-unsaturated/α-hetero) is 1. The number of morpholine rings is 1. The second-order valence-corrected chi connectivity index (χ2v) is 3.37. The van der Waals surface area contributed by atoms with Gasteiger partial charge in [0, 0.05) is 26.2 Å². The molecule has 0 spiro atoms. The van der Waals surface area contributed by atoms with E-state index in [1.165, 1.54) is 0 Å². The van der Waals surface area contributed by atoms with Crippen molar-refractivity contribution in [3.8, 4) is 0 Å². The highest BCUT2D eigenvalue weighted by Crippen LogP contribution is 1.94. The third kappa shape index (κ3) is 4.66. The summed E-state index contributed by atoms with van der Waals surface area (Å²) in [6.45, 7) is 5.96. The van der Waals surface area contributed by atoms with Crippen LogP contribution in [0, 0.1) is 0 Å². The van der Waals surface area contributed by atoms with Crippen molar-refractivity contribution in [3.05, 3.63) is 0 Å². The van der Waals surface area contributed by atoms with Gasteiger partial charge in [-0.1, -0.05) is 0 Å². The van der Waals surface area contributed by atoms with Crippen LogP contribution in [-0.4, -0.2) is 63.2 Å². The molecule has 82 valence electrons. The van der Waals surface area contributed by atoms with E-state index in [1.54, 1.807) is 0 Å². The fourth-order valence-corrected chi connectivity index (χ4v) is 1.36. The fraction of sp³-hybridized carbons (Fsp3) is 0.889. The third-order valence-corrected chi connectivity index (χ3v) is 2.26. The van der Waals surface area contributed by atoms with E-state index in [4.69, 9.17) is 10.5 Å². The number of nitrogens with two attached hydrogens (primary N) is 1. The van der Waals surface area contributed by atoms with Crippen LogP contribution >= 0.6 is 0 Å². The highest BCUT2D eigenvalue weighted by molar-refractivity contribution is 5.82. The highest BCUT2D eigenvalue weighted by Gasteiger charge is 2.09. The Morgan fingerprint density at radius 2 is 2.14 bits per heavy atom. The van der Waals surface area contributed by atoms with Gasteiger partial charge in [0.25, 0.3) is 0 Å². The first-order chi connectivity index (χ1) is 6.83. The first-order valence-corrected chi connectivity index (χ1v) is 5.05. The number of hydrogen-bond donors (Lipinski definition) is 2. The summed E-state index contributed by atoms with van der Waals surface area (Å²) in [5, 5.41) is 3.07. The van der Waals surface area contributed by atoms with Gasteiger partial charge in [-0.3, -0.25) is 9.69 Å². The zero-order valence-electron chi connectivity index (χ0n) is 8.50. The van der Waals surface area contributed by atoms with Gasteiger partial charge in [0.15, 0.2) is 5.78 Å². The van der Waals surface area contributed by atoms with Crippen LogP contribution < -0.4 is 11.1 Å². The number of carbonyl (C=O) groups excluding carboxylic acids is 1. The summed E-state index contributed by atoms with van der Waals surface area (Å²) in [6.07, 6.45) is 0. The quantitative estimate of drug-likeness (QED) is 0.509. The van der Waals surface area contributed by atoms with E-state index in [2.05, 4.69) is 10.2 Å². The molecule has 0 unspecified atom stereocenters. The van der Waals surface area contributed by atoms with Crippen molar-refractivity contribution < 1.29 is 9.53 Å². The van der Waals surface area contributed by atoms with Gasteiger partial charge in [0.05, 0.1) is 26.3 Å². The van der Waals surface area contributed by atoms with Crippen molar-refractivity contribution in [2.24, 2.45) is 5.73 Å². The molecule has 5 heteroatoms. The molecule has 1 fully saturated rings. The Labute approximate surface area is 84.6 Å². The van der Waals surface area contributed by atoms with Crippen LogP contribution in [0.25, 0.3) is 0 Å². The summed E-state index contributed by atoms with van der Waals surface area (Å²) in [4.78, 5) is 13.2. The number of rotatable bonds is 6. The Kier molecular flexibility index (Phi) is 5.70. The standard InChI is InChI=1S/C9H19N3O2/c10-7-9(13)8-11-1-2-12-3-5-14-6-4-12/h11H,1-8,10H2. The summed E-state index contributed by atoms with van der Waals surface area (Å²) < 4.78 is 5.23. The van der Waals surface area contributed by atoms with E-state index < -0.39 is 0 Å². The summed E-state index contributed by atoms with van der Waals surface area (Å²) in [6, 6.07) is 0. The van der Waals surface area contributed by atoms with Crippen LogP contribution in [0.2, 0.25) is 0 Å². The van der Waals surface area contributed by atoms with E-state index in [0.717, 1.165) is 39.4 Å². The molecule has 0 atom stereocenters. The molecule has 1 saturated heterocycles. The number of ether oxygens (including phenoxy) is 1. The lowest BCUT2D eigenvalue weighted by Crippen LogP contribution is -2.41. The number of ketones is 1. The summed E-state index contributed by atoms with van der Waals surface area (Å²) in [5.41, 5.74) is 5.18. The second kappa shape index (κ2) is 6.89. The number of nitrogens with one attached hydrogen (secondary N) is 1. The maximum Gasteiger partial charge on any atom is 0.160 e. The van der Waals surface area contributed by atoms with Gasteiger partial charge in [0.1, 0.15) is 0 Å². The largest absolute Gasteiger partial charge is 0.379 e. The van der Waals surface area contributed by atoms with E-state index in [9.17, 15) is 4.79 Å². The molecular formula is C9H19N3O2. The molecule has 0 bridgehead atoms. The number of carbonyl (C=O) groups is 1. The highest BCUT2D eigenvalue weighted by atomic mass is 16.5. The van der Waals surface area contributed by atoms with Gasteiger partial charge in [-0.05, 0) is 0 Å². The molecule has 0 aromatic carbocycles. The predicted octanol–water partition coefficient (Wildman–Crippen LogP) is -1.56. The summed E-state index contributed by atoms with van der Waals surface area (Å²) in [7, 11) is 0. The Morgan fingerprint density at radius 3 is 2.79 bits per heavy atom. The van der Waals surface area contributed by atoms with Crippen LogP contribution in [0.3, 0.4) is 0 Å². The minimum Gasteiger partial charge on any atom is -0.379 e. The van der Waals surface area contributed by atoms with Crippen LogP contribution in [-0.2, 0) is 9.53 Å². The van der Waals surface area contributed by atoms with Gasteiger partial charge in [0.2, 0.25) is 0 Å². The van der Waals surface area contributed by atoms with Crippen molar-refractivity contribution in [2.45, 2.75) is 0 Å². The van der Waals surface area contributed by atoms with Gasteiger partial charge >= 0.3 is 0 Å². The van der Waals surface area contributed by atoms with Gasteiger partial charge < -0.3 is 15.8 Å². The maximum absolute atomic E-state index is 10.8. The van der Waals surface area contributed by atoms with Crippen molar-refractivity contribution >= 4 is 5.78 Å². The normalized spacial score (nSPS) is 18.4. The molecule has 0 aliphatic carbocycles. The monoisotopic (exact) mass is 201 g/mol. The lowest BCUT2D eigenvalue weighted by Gasteiger charge is -2.26. The Bertz CT molecular complexity index is 169. The van der Waals surface area contributed by atoms with Crippen LogP contribution in [0.4, 0.5) is 0 Å². The average molecular weight is 201 g/mol. The lowest BCUT2D eigenvalue weighted by molar-refractivity contribution is -0.116. The Morgan fingerprint density at radius 1 is 1.43 bits per heavy atom. The molecule has 0 saturated carbocycles. The van der Waals surface area contributed by atoms with Gasteiger partial charge in [-0.15, -0.1) is 0 Å². The van der Waals surface area contributed by atoms with Crippen LogP contribution in [0.15, 0.2) is 0 Å². The average Bonchev–Trinajstić information content (AvgIpc) is 2.25. The SMILES string of the molecule is NCC(=O)CNCCN1CCOCC1. The Hall–Kier alpha value is -0.490. The van der Waals surface area contributed by atoms with E-state index in [-0.39, 0.29) is 12.3 Å². The molecule has 1 heterocycles. The zero-order chi connectivity index (χ0) is 10.2. The molecule has 1 aliphatic heterocycles. The topological polar surface area (TPSA) is 67.6 Å². The molecule has 0 amide bonds. The Balaban J connectivity index is 1.94. The first kappa shape index (κ1) is 11.6. The molecule has 1 rings (SSSR count). The molecule has 0 aromatic rings. The zero-order valence-corrected chi connectivity index (χ0v) is 8.50. The summed E-state index contributed by atoms with van der Waals surface area (Å²) in [5.74, 6) is 0.0620. The third-order valence-electron chi connectivity index (χ3n) is 2.26. The second-order valence-electron chi connectivity index (χ2n) is 3.37. The molecule has 0 aromatic heterocycles. The molecule has 5 nitrogen and oxygen atoms in total. The maximum atomic E-state index is 10.8. The molecular weight excluding hydrogens is 182 g/mol. The van der Waals surface area contributed by atoms with Crippen molar-refractivity contribution in [1.82, 2.24) is 10.2 Å². The molecule has 14 heavy (non-hydrogen) atoms. The lowest BCUT2D eigenvalue weighted by atomic mass is 10.4. The first-order valence-electron chi connectivity index (χ1n) is 5.05. The van der Waals surface area contributed by atoms with Gasteiger partial charge in [-0.2, -0.15) is 0 Å². The van der Waals surface area contributed by atoms with E-state index >= 15 is 0 Å². The predicted molar refractivity (Wildman–Crippen MR) is 54.2 cm³/mol. The molecule has 3 N–H and O–H groups in total. The number of nitrogens with zero attached hydrogens (tertiary/aromatic N) is 1. The van der Waals surface area contributed by atoms with E-state index in [1.807, 2.05) is 0 Å². The van der Waals surface area contributed by atoms with Crippen molar-refractivity contribution in [3.63, 3.8) is 0 Å². The van der Waals surface area contributed by atoms with Gasteiger partial charge in [-0.25, -0.2) is 0 Å². The smallest absolute Gasteiger partial charge is 0.160 e. The van der Waals surface area contributed by atoms with Crippen molar-refractivity contribution in [2.75, 3.05) is 52.5 Å². The molecule has 0 radical (unpaired) electrons. The minimum absolute atomic E-state index is 0.0620. The van der Waals surface area contributed by atoms with Crippen LogP contribution in [0.1, 0.15) is 0 Å². The molecule has 1 aliphatic rings. The minimum atomic E-state index is 0.0620. The summed E-state index contributed by atoms with van der Waals surface area (Å²) >= 11 is 0. The van der Waals surface area contributed by atoms with E-state index in [0.29, 0.717) is 6.54 Å². The van der Waals surface area contributed by atoms with Crippen molar-refractivity contribution in [1.29, 1.82) is 0 Å².